The lowest BCUT2D eigenvalue weighted by Crippen LogP contribution is -2.08. The average Bonchev–Trinajstić information content (AvgIpc) is 2.82. The van der Waals surface area contributed by atoms with Crippen LogP contribution in [0.3, 0.4) is 0 Å². The Bertz CT molecular complexity index is 518. The number of nitrogens with two attached hydrogens (primary N) is 1. The summed E-state index contributed by atoms with van der Waals surface area (Å²) in [7, 11) is 0. The molecule has 4 nitrogen and oxygen atoms in total. The van der Waals surface area contributed by atoms with Crippen LogP contribution in [0.5, 0.6) is 5.75 Å². The molecule has 3 N–H and O–H groups in total. The third kappa shape index (κ3) is 2.15. The number of H-pyrrole nitrogens is 1. The first-order chi connectivity index (χ1) is 8.24. The molecule has 1 aromatic carbocycles. The van der Waals surface area contributed by atoms with E-state index in [1.54, 1.807) is 36.7 Å². The summed E-state index contributed by atoms with van der Waals surface area (Å²) >= 11 is 0. The molecule has 0 radical (unpaired) electrons. The van der Waals surface area contributed by atoms with Crippen molar-refractivity contribution in [3.8, 4) is 5.75 Å². The number of anilines is 1. The smallest absolute Gasteiger partial charge is 0.200 e. The maximum Gasteiger partial charge on any atom is 0.200 e. The summed E-state index contributed by atoms with van der Waals surface area (Å²) in [5.41, 5.74) is 7.28. The van der Waals surface area contributed by atoms with Crippen LogP contribution in [0.25, 0.3) is 0 Å². The van der Waals surface area contributed by atoms with Gasteiger partial charge in [-0.3, -0.25) is 4.79 Å². The van der Waals surface area contributed by atoms with Crippen LogP contribution in [0.15, 0.2) is 36.7 Å². The number of nitrogens with one attached hydrogen (secondary N) is 1. The molecular weight excluding hydrogens is 216 g/mol. The third-order valence-electron chi connectivity index (χ3n) is 2.45. The first-order valence-electron chi connectivity index (χ1n) is 5.42. The van der Waals surface area contributed by atoms with E-state index in [1.807, 2.05) is 6.92 Å². The molecular formula is C13H14N2O2. The highest BCUT2D eigenvalue weighted by molar-refractivity contribution is 6.13. The number of carbonyl (C=O) groups excluding carboxylic acids is 1. The number of benzene rings is 1. The number of aromatic nitrogens is 1. The fourth-order valence-electron chi connectivity index (χ4n) is 1.68. The molecule has 2 aromatic rings. The predicted molar refractivity (Wildman–Crippen MR) is 66.2 cm³/mol. The molecule has 1 heterocycles. The number of aromatic amines is 1. The first kappa shape index (κ1) is 11.3. The summed E-state index contributed by atoms with van der Waals surface area (Å²) in [6, 6.07) is 6.93. The van der Waals surface area contributed by atoms with E-state index >= 15 is 0 Å². The second-order valence-electron chi connectivity index (χ2n) is 3.58. The quantitative estimate of drug-likeness (QED) is 0.625. The number of ketones is 1. The molecule has 88 valence electrons. The van der Waals surface area contributed by atoms with Gasteiger partial charge in [-0.2, -0.15) is 0 Å². The number of ether oxygens (including phenoxy) is 1. The van der Waals surface area contributed by atoms with Crippen molar-refractivity contribution in [3.63, 3.8) is 0 Å². The molecule has 17 heavy (non-hydrogen) atoms. The number of carbonyl (C=O) groups is 1. The lowest BCUT2D eigenvalue weighted by Gasteiger charge is -2.10. The molecule has 0 atom stereocenters. The van der Waals surface area contributed by atoms with Crippen molar-refractivity contribution in [3.05, 3.63) is 47.8 Å². The molecule has 0 spiro atoms. The van der Waals surface area contributed by atoms with Crippen LogP contribution in [-0.2, 0) is 0 Å². The minimum atomic E-state index is -0.132. The molecule has 2 rings (SSSR count). The normalized spacial score (nSPS) is 10.2. The molecule has 0 bridgehead atoms. The van der Waals surface area contributed by atoms with Gasteiger partial charge in [0.15, 0.2) is 5.78 Å². The van der Waals surface area contributed by atoms with Crippen LogP contribution in [0.4, 0.5) is 5.69 Å². The SMILES string of the molecule is CCOc1cccc(N)c1C(=O)c1cc[nH]c1. The molecule has 0 saturated heterocycles. The highest BCUT2D eigenvalue weighted by Gasteiger charge is 2.17. The molecule has 0 aliphatic carbocycles. The van der Waals surface area contributed by atoms with E-state index in [0.717, 1.165) is 0 Å². The fourth-order valence-corrected chi connectivity index (χ4v) is 1.68. The minimum absolute atomic E-state index is 0.132. The molecule has 1 aromatic heterocycles. The zero-order chi connectivity index (χ0) is 12.3. The van der Waals surface area contributed by atoms with Gasteiger partial charge in [-0.25, -0.2) is 0 Å². The van der Waals surface area contributed by atoms with Gasteiger partial charge in [-0.05, 0) is 25.1 Å². The highest BCUT2D eigenvalue weighted by atomic mass is 16.5. The van der Waals surface area contributed by atoms with Crippen LogP contribution in [0.1, 0.15) is 22.8 Å². The zero-order valence-electron chi connectivity index (χ0n) is 9.57. The average molecular weight is 230 g/mol. The predicted octanol–water partition coefficient (Wildman–Crippen LogP) is 2.23. The number of rotatable bonds is 4. The Morgan fingerprint density at radius 1 is 1.41 bits per heavy atom. The van der Waals surface area contributed by atoms with Crippen molar-refractivity contribution in [1.82, 2.24) is 4.98 Å². The largest absolute Gasteiger partial charge is 0.493 e. The lowest BCUT2D eigenvalue weighted by molar-refractivity contribution is 0.103. The summed E-state index contributed by atoms with van der Waals surface area (Å²) in [4.78, 5) is 15.1. The van der Waals surface area contributed by atoms with Crippen molar-refractivity contribution in [2.45, 2.75) is 6.92 Å². The lowest BCUT2D eigenvalue weighted by atomic mass is 10.0. The Labute approximate surface area is 99.4 Å². The Hall–Kier alpha value is -2.23. The van der Waals surface area contributed by atoms with Gasteiger partial charge in [-0.15, -0.1) is 0 Å². The van der Waals surface area contributed by atoms with Gasteiger partial charge in [0.25, 0.3) is 0 Å². The molecule has 0 aliphatic heterocycles. The zero-order valence-corrected chi connectivity index (χ0v) is 9.57. The molecule has 0 saturated carbocycles. The minimum Gasteiger partial charge on any atom is -0.493 e. The Kier molecular flexibility index (Phi) is 3.14. The maximum atomic E-state index is 12.2. The second kappa shape index (κ2) is 4.74. The van der Waals surface area contributed by atoms with E-state index in [1.165, 1.54) is 0 Å². The number of hydrogen-bond acceptors (Lipinski definition) is 3. The molecule has 0 fully saturated rings. The Morgan fingerprint density at radius 3 is 2.88 bits per heavy atom. The van der Waals surface area contributed by atoms with Crippen LogP contribution in [0, 0.1) is 0 Å². The second-order valence-corrected chi connectivity index (χ2v) is 3.58. The van der Waals surface area contributed by atoms with Crippen molar-refractivity contribution in [1.29, 1.82) is 0 Å². The van der Waals surface area contributed by atoms with E-state index in [9.17, 15) is 4.79 Å². The molecule has 4 heteroatoms. The summed E-state index contributed by atoms with van der Waals surface area (Å²) < 4.78 is 5.43. The van der Waals surface area contributed by atoms with E-state index in [-0.39, 0.29) is 5.78 Å². The third-order valence-corrected chi connectivity index (χ3v) is 2.45. The van der Waals surface area contributed by atoms with E-state index < -0.39 is 0 Å². The molecule has 0 unspecified atom stereocenters. The number of nitrogen functional groups attached to an aromatic ring is 1. The van der Waals surface area contributed by atoms with Crippen molar-refractivity contribution in [2.24, 2.45) is 0 Å². The van der Waals surface area contributed by atoms with E-state index in [4.69, 9.17) is 10.5 Å². The van der Waals surface area contributed by atoms with Gasteiger partial charge in [0.2, 0.25) is 0 Å². The van der Waals surface area contributed by atoms with Gasteiger partial charge in [-0.1, -0.05) is 6.07 Å². The highest BCUT2D eigenvalue weighted by Crippen LogP contribution is 2.27. The van der Waals surface area contributed by atoms with Crippen molar-refractivity contribution < 1.29 is 9.53 Å². The van der Waals surface area contributed by atoms with Crippen LogP contribution < -0.4 is 10.5 Å². The van der Waals surface area contributed by atoms with Crippen LogP contribution >= 0.6 is 0 Å². The standard InChI is InChI=1S/C13H14N2O2/c1-2-17-11-5-3-4-10(14)12(11)13(16)9-6-7-15-8-9/h3-8,15H,2,14H2,1H3. The monoisotopic (exact) mass is 230 g/mol. The Balaban J connectivity index is 2.47. The molecule has 0 aliphatic rings. The van der Waals surface area contributed by atoms with E-state index in [0.29, 0.717) is 29.2 Å². The topological polar surface area (TPSA) is 68.1 Å². The number of hydrogen-bond donors (Lipinski definition) is 2. The van der Waals surface area contributed by atoms with Gasteiger partial charge in [0.1, 0.15) is 5.75 Å². The maximum absolute atomic E-state index is 12.2. The van der Waals surface area contributed by atoms with Gasteiger partial charge in [0, 0.05) is 23.6 Å². The molecule has 0 amide bonds. The van der Waals surface area contributed by atoms with Gasteiger partial charge < -0.3 is 15.5 Å². The van der Waals surface area contributed by atoms with Crippen molar-refractivity contribution in [2.75, 3.05) is 12.3 Å². The first-order valence-corrected chi connectivity index (χ1v) is 5.42. The summed E-state index contributed by atoms with van der Waals surface area (Å²) in [6.45, 7) is 2.37. The van der Waals surface area contributed by atoms with Gasteiger partial charge in [0.05, 0.1) is 12.2 Å². The van der Waals surface area contributed by atoms with E-state index in [2.05, 4.69) is 4.98 Å². The van der Waals surface area contributed by atoms with Crippen LogP contribution in [0.2, 0.25) is 0 Å². The Morgan fingerprint density at radius 2 is 2.24 bits per heavy atom. The summed E-state index contributed by atoms with van der Waals surface area (Å²) in [6.07, 6.45) is 3.34. The fraction of sp³-hybridized carbons (Fsp3) is 0.154. The van der Waals surface area contributed by atoms with Crippen LogP contribution in [-0.4, -0.2) is 17.4 Å². The summed E-state index contributed by atoms with van der Waals surface area (Å²) in [5.74, 6) is 0.395. The van der Waals surface area contributed by atoms with Gasteiger partial charge >= 0.3 is 0 Å². The summed E-state index contributed by atoms with van der Waals surface area (Å²) in [5, 5.41) is 0. The van der Waals surface area contributed by atoms with Crippen molar-refractivity contribution >= 4 is 11.5 Å².